The zero-order chi connectivity index (χ0) is 8.67. The van der Waals surface area contributed by atoms with Crippen LogP contribution >= 0.6 is 0 Å². The lowest BCUT2D eigenvalue weighted by atomic mass is 10.1. The van der Waals surface area contributed by atoms with Gasteiger partial charge < -0.3 is 10.1 Å². The molecular weight excluding hydrogens is 164 g/mol. The summed E-state index contributed by atoms with van der Waals surface area (Å²) in [5.41, 5.74) is 1.06. The zero-order valence-electron chi connectivity index (χ0n) is 7.31. The molecule has 2 saturated heterocycles. The summed E-state index contributed by atoms with van der Waals surface area (Å²) in [4.78, 5) is 4.31. The maximum absolute atomic E-state index is 5.82. The lowest BCUT2D eigenvalue weighted by molar-refractivity contribution is 0.0136. The summed E-state index contributed by atoms with van der Waals surface area (Å²) in [5.74, 6) is 0. The minimum Gasteiger partial charge on any atom is -0.366 e. The van der Waals surface area contributed by atoms with Gasteiger partial charge in [-0.05, 0) is 18.6 Å². The lowest BCUT2D eigenvalue weighted by Crippen LogP contribution is -2.34. The van der Waals surface area contributed by atoms with E-state index >= 15 is 0 Å². The van der Waals surface area contributed by atoms with Crippen molar-refractivity contribution in [3.05, 3.63) is 30.1 Å². The van der Waals surface area contributed by atoms with Gasteiger partial charge in [0.1, 0.15) is 6.10 Å². The van der Waals surface area contributed by atoms with Crippen LogP contribution in [-0.2, 0) is 4.74 Å². The summed E-state index contributed by atoms with van der Waals surface area (Å²) >= 11 is 0. The van der Waals surface area contributed by atoms with E-state index in [1.54, 1.807) is 0 Å². The Hall–Kier alpha value is -0.930. The number of hydrogen-bond donors (Lipinski definition) is 1. The number of fused-ring (bicyclic) bond motifs is 2. The topological polar surface area (TPSA) is 34.1 Å². The molecule has 1 aromatic rings. The van der Waals surface area contributed by atoms with Gasteiger partial charge in [0, 0.05) is 18.8 Å². The summed E-state index contributed by atoms with van der Waals surface area (Å²) in [6.45, 7) is 1.01. The monoisotopic (exact) mass is 176 g/mol. The highest BCUT2D eigenvalue weighted by Crippen LogP contribution is 2.35. The number of nitrogens with one attached hydrogen (secondary N) is 1. The first-order valence-electron chi connectivity index (χ1n) is 4.73. The first-order chi connectivity index (χ1) is 6.43. The Morgan fingerprint density at radius 2 is 2.46 bits per heavy atom. The number of hydrogen-bond acceptors (Lipinski definition) is 3. The third kappa shape index (κ3) is 1.16. The average Bonchev–Trinajstić information content (AvgIpc) is 2.80. The maximum atomic E-state index is 5.82. The van der Waals surface area contributed by atoms with E-state index in [1.165, 1.54) is 0 Å². The molecule has 3 atom stereocenters. The van der Waals surface area contributed by atoms with E-state index in [0.717, 1.165) is 18.7 Å². The van der Waals surface area contributed by atoms with Crippen molar-refractivity contribution in [3.8, 4) is 0 Å². The first kappa shape index (κ1) is 7.47. The average molecular weight is 176 g/mol. The fourth-order valence-corrected chi connectivity index (χ4v) is 2.19. The van der Waals surface area contributed by atoms with E-state index in [4.69, 9.17) is 4.74 Å². The molecule has 0 aliphatic carbocycles. The molecule has 3 heteroatoms. The van der Waals surface area contributed by atoms with Crippen LogP contribution < -0.4 is 5.32 Å². The fraction of sp³-hybridized carbons (Fsp3) is 0.500. The van der Waals surface area contributed by atoms with Crippen LogP contribution in [0.25, 0.3) is 0 Å². The molecule has 0 aromatic carbocycles. The van der Waals surface area contributed by atoms with Gasteiger partial charge in [-0.25, -0.2) is 0 Å². The standard InChI is InChI=1S/C10H12N2O/c1-2-4-11-8(3-1)10-9-5-7(13-10)6-12-9/h1-4,7,9-10,12H,5-6H2. The highest BCUT2D eigenvalue weighted by Gasteiger charge is 2.41. The van der Waals surface area contributed by atoms with Crippen molar-refractivity contribution in [1.29, 1.82) is 0 Å². The molecule has 0 saturated carbocycles. The highest BCUT2D eigenvalue weighted by atomic mass is 16.5. The van der Waals surface area contributed by atoms with Crippen molar-refractivity contribution in [2.75, 3.05) is 6.54 Å². The van der Waals surface area contributed by atoms with Crippen LogP contribution in [0.3, 0.4) is 0 Å². The van der Waals surface area contributed by atoms with E-state index < -0.39 is 0 Å². The van der Waals surface area contributed by atoms with Gasteiger partial charge in [0.15, 0.2) is 0 Å². The van der Waals surface area contributed by atoms with Crippen LogP contribution in [0, 0.1) is 0 Å². The van der Waals surface area contributed by atoms with E-state index in [1.807, 2.05) is 24.4 Å². The normalized spacial score (nSPS) is 36.8. The summed E-state index contributed by atoms with van der Waals surface area (Å²) < 4.78 is 5.82. The van der Waals surface area contributed by atoms with Gasteiger partial charge >= 0.3 is 0 Å². The van der Waals surface area contributed by atoms with Crippen molar-refractivity contribution >= 4 is 0 Å². The second kappa shape index (κ2) is 2.79. The predicted molar refractivity (Wildman–Crippen MR) is 48.3 cm³/mol. The molecule has 2 fully saturated rings. The Morgan fingerprint density at radius 1 is 1.46 bits per heavy atom. The van der Waals surface area contributed by atoms with E-state index in [2.05, 4.69) is 10.3 Å². The van der Waals surface area contributed by atoms with Crippen molar-refractivity contribution in [3.63, 3.8) is 0 Å². The Kier molecular flexibility index (Phi) is 1.60. The summed E-state index contributed by atoms with van der Waals surface area (Å²) in [6, 6.07) is 6.47. The third-order valence-electron chi connectivity index (χ3n) is 2.81. The van der Waals surface area contributed by atoms with Crippen molar-refractivity contribution in [2.45, 2.75) is 24.7 Å². The van der Waals surface area contributed by atoms with Crippen LogP contribution in [0.4, 0.5) is 0 Å². The van der Waals surface area contributed by atoms with E-state index in [9.17, 15) is 0 Å². The number of ether oxygens (including phenoxy) is 1. The molecule has 0 spiro atoms. The quantitative estimate of drug-likeness (QED) is 0.689. The number of morpholine rings is 1. The van der Waals surface area contributed by atoms with Gasteiger partial charge in [0.2, 0.25) is 0 Å². The van der Waals surface area contributed by atoms with Crippen LogP contribution in [-0.4, -0.2) is 23.7 Å². The Morgan fingerprint density at radius 3 is 3.08 bits per heavy atom. The first-order valence-corrected chi connectivity index (χ1v) is 4.73. The summed E-state index contributed by atoms with van der Waals surface area (Å²) in [6.07, 6.45) is 3.56. The highest BCUT2D eigenvalue weighted by molar-refractivity contribution is 5.13. The molecule has 0 amide bonds. The smallest absolute Gasteiger partial charge is 0.115 e. The van der Waals surface area contributed by atoms with Crippen molar-refractivity contribution in [1.82, 2.24) is 10.3 Å². The SMILES string of the molecule is c1ccc(C2OC3CNC2C3)nc1. The molecule has 3 unspecified atom stereocenters. The summed E-state index contributed by atoms with van der Waals surface area (Å²) in [7, 11) is 0. The molecule has 0 radical (unpaired) electrons. The predicted octanol–water partition coefficient (Wildman–Crippen LogP) is 0.883. The third-order valence-corrected chi connectivity index (χ3v) is 2.81. The molecule has 3 rings (SSSR count). The van der Waals surface area contributed by atoms with E-state index in [-0.39, 0.29) is 6.10 Å². The fourth-order valence-electron chi connectivity index (χ4n) is 2.19. The molecule has 2 aliphatic rings. The molecule has 2 aliphatic heterocycles. The number of nitrogens with zero attached hydrogens (tertiary/aromatic N) is 1. The number of pyridine rings is 1. The van der Waals surface area contributed by atoms with Gasteiger partial charge in [-0.1, -0.05) is 6.07 Å². The molecule has 1 aromatic heterocycles. The van der Waals surface area contributed by atoms with Gasteiger partial charge in [0.05, 0.1) is 11.8 Å². The van der Waals surface area contributed by atoms with Gasteiger partial charge in [-0.2, -0.15) is 0 Å². The zero-order valence-corrected chi connectivity index (χ0v) is 7.31. The summed E-state index contributed by atoms with van der Waals surface area (Å²) in [5, 5.41) is 3.44. The van der Waals surface area contributed by atoms with Gasteiger partial charge in [-0.3, -0.25) is 4.98 Å². The molecule has 2 bridgehead atoms. The van der Waals surface area contributed by atoms with Crippen molar-refractivity contribution < 1.29 is 4.74 Å². The Labute approximate surface area is 77.1 Å². The van der Waals surface area contributed by atoms with Crippen LogP contribution in [0.5, 0.6) is 0 Å². The molecular formula is C10H12N2O. The molecule has 68 valence electrons. The molecule has 3 heterocycles. The molecule has 3 nitrogen and oxygen atoms in total. The Bertz CT molecular complexity index is 301. The maximum Gasteiger partial charge on any atom is 0.115 e. The minimum atomic E-state index is 0.181. The number of rotatable bonds is 1. The van der Waals surface area contributed by atoms with Crippen LogP contribution in [0.2, 0.25) is 0 Å². The van der Waals surface area contributed by atoms with Crippen LogP contribution in [0.1, 0.15) is 18.2 Å². The van der Waals surface area contributed by atoms with Gasteiger partial charge in [-0.15, -0.1) is 0 Å². The largest absolute Gasteiger partial charge is 0.366 e. The van der Waals surface area contributed by atoms with Crippen molar-refractivity contribution in [2.24, 2.45) is 0 Å². The molecule has 1 N–H and O–H groups in total. The van der Waals surface area contributed by atoms with E-state index in [0.29, 0.717) is 12.1 Å². The molecule has 13 heavy (non-hydrogen) atoms. The van der Waals surface area contributed by atoms with Gasteiger partial charge in [0.25, 0.3) is 0 Å². The second-order valence-corrected chi connectivity index (χ2v) is 3.68. The van der Waals surface area contributed by atoms with Crippen LogP contribution in [0.15, 0.2) is 24.4 Å². The Balaban J connectivity index is 1.87. The second-order valence-electron chi connectivity index (χ2n) is 3.68. The minimum absolute atomic E-state index is 0.181. The lowest BCUT2D eigenvalue weighted by Gasteiger charge is -2.22. The number of aromatic nitrogens is 1.